The minimum atomic E-state index is -0.00583. The van der Waals surface area contributed by atoms with Gasteiger partial charge in [0.25, 0.3) is 5.91 Å². The topological polar surface area (TPSA) is 54.5 Å². The largest absolute Gasteiger partial charge is 0.464 e. The van der Waals surface area contributed by atoms with Crippen molar-refractivity contribution in [2.45, 2.75) is 31.8 Å². The first-order valence-corrected chi connectivity index (χ1v) is 12.7. The maximum atomic E-state index is 13.3. The van der Waals surface area contributed by atoms with Crippen molar-refractivity contribution in [3.8, 4) is 11.3 Å². The minimum Gasteiger partial charge on any atom is -0.464 e. The Labute approximate surface area is 213 Å². The smallest absolute Gasteiger partial charge is 0.274 e. The summed E-state index contributed by atoms with van der Waals surface area (Å²) in [5.41, 5.74) is 4.18. The van der Waals surface area contributed by atoms with Crippen molar-refractivity contribution < 1.29 is 9.21 Å². The maximum Gasteiger partial charge on any atom is 0.274 e. The van der Waals surface area contributed by atoms with Crippen LogP contribution < -0.4 is 0 Å². The number of furan rings is 1. The molecule has 5 rings (SSSR count). The summed E-state index contributed by atoms with van der Waals surface area (Å²) in [7, 11) is 3.79. The highest BCUT2D eigenvalue weighted by Crippen LogP contribution is 2.29. The fourth-order valence-corrected chi connectivity index (χ4v) is 5.36. The lowest BCUT2D eigenvalue weighted by Crippen LogP contribution is -2.47. The van der Waals surface area contributed by atoms with Crippen LogP contribution in [0.2, 0.25) is 0 Å². The van der Waals surface area contributed by atoms with Crippen LogP contribution in [0.4, 0.5) is 0 Å². The van der Waals surface area contributed by atoms with E-state index in [9.17, 15) is 4.79 Å². The van der Waals surface area contributed by atoms with Gasteiger partial charge >= 0.3 is 0 Å². The molecule has 0 N–H and O–H groups in total. The summed E-state index contributed by atoms with van der Waals surface area (Å²) in [5.74, 6) is 1.34. The second-order valence-electron chi connectivity index (χ2n) is 9.84. The number of rotatable bonds is 8. The highest BCUT2D eigenvalue weighted by Gasteiger charge is 2.32. The zero-order valence-corrected chi connectivity index (χ0v) is 21.1. The molecule has 186 valence electrons. The molecule has 4 aromatic rings. The Balaban J connectivity index is 1.26. The van der Waals surface area contributed by atoms with Crippen molar-refractivity contribution in [3.05, 3.63) is 102 Å². The Morgan fingerprint density at radius 2 is 1.81 bits per heavy atom. The number of hydrogen-bond acceptors (Lipinski definition) is 4. The van der Waals surface area contributed by atoms with Crippen LogP contribution in [0.15, 0.2) is 89.7 Å². The third-order valence-electron chi connectivity index (χ3n) is 7.35. The van der Waals surface area contributed by atoms with Gasteiger partial charge in [-0.15, -0.1) is 0 Å². The van der Waals surface area contributed by atoms with Crippen molar-refractivity contribution >= 4 is 5.91 Å². The average molecular weight is 483 g/mol. The van der Waals surface area contributed by atoms with Crippen LogP contribution in [0, 0.1) is 5.92 Å². The predicted molar refractivity (Wildman–Crippen MR) is 141 cm³/mol. The Hall–Kier alpha value is -3.64. The number of likely N-dealkylation sites (N-methyl/N-ethyl adjacent to an activating group) is 1. The van der Waals surface area contributed by atoms with Gasteiger partial charge in [0.15, 0.2) is 0 Å². The lowest BCUT2D eigenvalue weighted by Gasteiger charge is -2.40. The lowest BCUT2D eigenvalue weighted by atomic mass is 9.84. The second kappa shape index (κ2) is 11.0. The van der Waals surface area contributed by atoms with Gasteiger partial charge in [0, 0.05) is 38.4 Å². The average Bonchev–Trinajstić information content (AvgIpc) is 3.60. The number of aryl methyl sites for hydroxylation is 1. The summed E-state index contributed by atoms with van der Waals surface area (Å²) in [6.07, 6.45) is 6.52. The fraction of sp³-hybridized carbons (Fsp3) is 0.333. The van der Waals surface area contributed by atoms with Crippen LogP contribution in [-0.4, -0.2) is 51.7 Å². The molecule has 0 radical (unpaired) electrons. The monoisotopic (exact) mass is 482 g/mol. The maximum absolute atomic E-state index is 13.3. The van der Waals surface area contributed by atoms with Crippen LogP contribution >= 0.6 is 0 Å². The molecule has 2 aromatic heterocycles. The number of carbonyl (C=O) groups is 1. The lowest BCUT2D eigenvalue weighted by molar-refractivity contribution is 0.0579. The molecule has 1 fully saturated rings. The first kappa shape index (κ1) is 24.1. The number of amides is 1. The van der Waals surface area contributed by atoms with Gasteiger partial charge in [-0.05, 0) is 73.7 Å². The molecular weight excluding hydrogens is 448 g/mol. The Morgan fingerprint density at radius 3 is 2.50 bits per heavy atom. The SMILES string of the molecule is CN(C(=O)c1ccn(C)n1)[C@@H](Cc1ccccc1)C1CCN(Cc2cccc(-c3ccco3)c2)CC1. The molecule has 0 saturated carbocycles. The molecule has 3 heterocycles. The van der Waals surface area contributed by atoms with E-state index in [1.807, 2.05) is 43.4 Å². The van der Waals surface area contributed by atoms with E-state index in [-0.39, 0.29) is 11.9 Å². The van der Waals surface area contributed by atoms with Gasteiger partial charge in [-0.2, -0.15) is 5.10 Å². The van der Waals surface area contributed by atoms with Crippen molar-refractivity contribution in [1.82, 2.24) is 19.6 Å². The van der Waals surface area contributed by atoms with Gasteiger partial charge in [-0.3, -0.25) is 14.4 Å². The zero-order valence-electron chi connectivity index (χ0n) is 21.1. The van der Waals surface area contributed by atoms with E-state index in [0.29, 0.717) is 11.6 Å². The quantitative estimate of drug-likeness (QED) is 0.343. The predicted octanol–water partition coefficient (Wildman–Crippen LogP) is 5.28. The number of aromatic nitrogens is 2. The molecule has 2 aromatic carbocycles. The van der Waals surface area contributed by atoms with E-state index < -0.39 is 0 Å². The minimum absolute atomic E-state index is 0.00583. The first-order chi connectivity index (χ1) is 17.6. The standard InChI is InChI=1S/C30H34N4O2/c1-32-16-15-27(31-32)30(35)33(2)28(21-23-8-4-3-5-9-23)25-13-17-34(18-14-25)22-24-10-6-11-26(20-24)29-12-7-19-36-29/h3-12,15-16,19-20,25,28H,13-14,17-18,21-22H2,1-2H3/t28-/m0/s1. The van der Waals surface area contributed by atoms with Crippen molar-refractivity contribution in [2.24, 2.45) is 13.0 Å². The van der Waals surface area contributed by atoms with E-state index in [1.165, 1.54) is 11.1 Å². The number of benzene rings is 2. The van der Waals surface area contributed by atoms with Crippen LogP contribution in [0.3, 0.4) is 0 Å². The summed E-state index contributed by atoms with van der Waals surface area (Å²) in [4.78, 5) is 17.8. The highest BCUT2D eigenvalue weighted by atomic mass is 16.3. The Bertz CT molecular complexity index is 1260. The van der Waals surface area contributed by atoms with Crippen molar-refractivity contribution in [1.29, 1.82) is 0 Å². The molecule has 36 heavy (non-hydrogen) atoms. The van der Waals surface area contributed by atoms with Crippen molar-refractivity contribution in [2.75, 3.05) is 20.1 Å². The number of hydrogen-bond donors (Lipinski definition) is 0. The number of likely N-dealkylation sites (tertiary alicyclic amines) is 1. The zero-order chi connectivity index (χ0) is 24.9. The van der Waals surface area contributed by atoms with Crippen molar-refractivity contribution in [3.63, 3.8) is 0 Å². The third-order valence-corrected chi connectivity index (χ3v) is 7.35. The van der Waals surface area contributed by atoms with Gasteiger partial charge in [-0.25, -0.2) is 0 Å². The molecule has 1 aliphatic heterocycles. The Kier molecular flexibility index (Phi) is 7.33. The van der Waals surface area contributed by atoms with E-state index in [2.05, 4.69) is 58.5 Å². The van der Waals surface area contributed by atoms with E-state index in [0.717, 1.165) is 50.2 Å². The molecule has 0 bridgehead atoms. The summed E-state index contributed by atoms with van der Waals surface area (Å²) in [6, 6.07) is 25.0. The summed E-state index contributed by atoms with van der Waals surface area (Å²) < 4.78 is 7.26. The van der Waals surface area contributed by atoms with Crippen LogP contribution in [-0.2, 0) is 20.0 Å². The summed E-state index contributed by atoms with van der Waals surface area (Å²) in [5, 5.41) is 4.36. The van der Waals surface area contributed by atoms with Gasteiger partial charge < -0.3 is 9.32 Å². The summed E-state index contributed by atoms with van der Waals surface area (Å²) >= 11 is 0. The number of carbonyl (C=O) groups excluding carboxylic acids is 1. The molecule has 6 heteroatoms. The third kappa shape index (κ3) is 5.60. The summed E-state index contributed by atoms with van der Waals surface area (Å²) in [6.45, 7) is 2.96. The molecule has 1 saturated heterocycles. The fourth-order valence-electron chi connectivity index (χ4n) is 5.36. The molecular formula is C30H34N4O2. The first-order valence-electron chi connectivity index (χ1n) is 12.7. The Morgan fingerprint density at radius 1 is 1.03 bits per heavy atom. The van der Waals surface area contributed by atoms with Crippen LogP contribution in [0.5, 0.6) is 0 Å². The molecule has 0 unspecified atom stereocenters. The molecule has 0 spiro atoms. The van der Waals surface area contributed by atoms with Gasteiger partial charge in [0.2, 0.25) is 0 Å². The van der Waals surface area contributed by atoms with Gasteiger partial charge in [0.1, 0.15) is 11.5 Å². The van der Waals surface area contributed by atoms with Crippen LogP contribution in [0.25, 0.3) is 11.3 Å². The molecule has 1 amide bonds. The van der Waals surface area contributed by atoms with Gasteiger partial charge in [-0.1, -0.05) is 48.5 Å². The molecule has 6 nitrogen and oxygen atoms in total. The van der Waals surface area contributed by atoms with E-state index in [1.54, 1.807) is 17.0 Å². The second-order valence-corrected chi connectivity index (χ2v) is 9.84. The number of piperidine rings is 1. The van der Waals surface area contributed by atoms with Crippen LogP contribution in [0.1, 0.15) is 34.5 Å². The normalized spacial score (nSPS) is 15.6. The van der Waals surface area contributed by atoms with Gasteiger partial charge in [0.05, 0.1) is 6.26 Å². The number of nitrogens with zero attached hydrogens (tertiary/aromatic N) is 4. The van der Waals surface area contributed by atoms with E-state index in [4.69, 9.17) is 4.42 Å². The molecule has 1 atom stereocenters. The molecule has 1 aliphatic rings. The highest BCUT2D eigenvalue weighted by molar-refractivity contribution is 5.92. The van der Waals surface area contributed by atoms with E-state index >= 15 is 0 Å². The molecule has 0 aliphatic carbocycles.